The number of benzene rings is 1. The molecule has 0 saturated heterocycles. The highest BCUT2D eigenvalue weighted by molar-refractivity contribution is 7.14. The molecule has 10 heteroatoms. The number of allylic oxidation sites excluding steroid dienone is 1. The second kappa shape index (κ2) is 13.2. The largest absolute Gasteiger partial charge is 0.480 e. The molecular formula is C26H34FN3O5S. The van der Waals surface area contributed by atoms with Gasteiger partial charge in [0.2, 0.25) is 5.91 Å². The Hall–Kier alpha value is -3.24. The minimum Gasteiger partial charge on any atom is -0.480 e. The van der Waals surface area contributed by atoms with E-state index >= 15 is 0 Å². The number of nitrogens with two attached hydrogens (primary N) is 2. The number of amides is 1. The number of ether oxygens (including phenoxy) is 1. The third-order valence-corrected chi connectivity index (χ3v) is 7.35. The van der Waals surface area contributed by atoms with E-state index in [1.165, 1.54) is 23.5 Å². The van der Waals surface area contributed by atoms with Gasteiger partial charge < -0.3 is 26.6 Å². The molecule has 0 spiro atoms. The van der Waals surface area contributed by atoms with Crippen molar-refractivity contribution in [2.45, 2.75) is 58.9 Å². The van der Waals surface area contributed by atoms with E-state index < -0.39 is 29.2 Å². The fraction of sp³-hybridized carbons (Fsp3) is 0.423. The molecule has 36 heavy (non-hydrogen) atoms. The van der Waals surface area contributed by atoms with Crippen LogP contribution in [0.4, 0.5) is 4.39 Å². The number of carboxylic acids is 1. The number of carbonyl (C=O) groups is 3. The number of carbonyl (C=O) groups excluding carboxylic acids is 2. The molecule has 0 fully saturated rings. The summed E-state index contributed by atoms with van der Waals surface area (Å²) in [5.74, 6) is -2.77. The Kier molecular flexibility index (Phi) is 10.6. The van der Waals surface area contributed by atoms with Crippen LogP contribution in [0, 0.1) is 11.2 Å². The zero-order valence-electron chi connectivity index (χ0n) is 20.8. The first-order valence-corrected chi connectivity index (χ1v) is 12.7. The summed E-state index contributed by atoms with van der Waals surface area (Å²) >= 11 is 1.20. The van der Waals surface area contributed by atoms with Crippen LogP contribution < -0.4 is 21.5 Å². The fourth-order valence-corrected chi connectivity index (χ4v) is 4.76. The van der Waals surface area contributed by atoms with E-state index in [0.717, 1.165) is 4.88 Å². The average Bonchev–Trinajstić information content (AvgIpc) is 3.34. The highest BCUT2D eigenvalue weighted by Crippen LogP contribution is 2.34. The number of nitrogens with one attached hydrogen (secondary N) is 1. The number of halogens is 1. The third-order valence-electron chi connectivity index (χ3n) is 6.28. The topological polar surface area (TPSA) is 145 Å². The molecule has 0 bridgehead atoms. The van der Waals surface area contributed by atoms with Crippen molar-refractivity contribution in [2.24, 2.45) is 16.9 Å². The monoisotopic (exact) mass is 519 g/mol. The van der Waals surface area contributed by atoms with Gasteiger partial charge in [-0.15, -0.1) is 11.3 Å². The molecule has 196 valence electrons. The molecule has 1 unspecified atom stereocenters. The third kappa shape index (κ3) is 7.38. The summed E-state index contributed by atoms with van der Waals surface area (Å²) in [4.78, 5) is 37.6. The van der Waals surface area contributed by atoms with Crippen molar-refractivity contribution in [3.05, 3.63) is 57.5 Å². The summed E-state index contributed by atoms with van der Waals surface area (Å²) in [6.07, 6.45) is 3.95. The van der Waals surface area contributed by atoms with Gasteiger partial charge in [-0.1, -0.05) is 19.9 Å². The lowest BCUT2D eigenvalue weighted by Crippen LogP contribution is -2.42. The summed E-state index contributed by atoms with van der Waals surface area (Å²) in [5.41, 5.74) is 11.5. The van der Waals surface area contributed by atoms with Crippen molar-refractivity contribution in [3.63, 3.8) is 0 Å². The van der Waals surface area contributed by atoms with Crippen LogP contribution in [-0.4, -0.2) is 35.5 Å². The molecule has 0 radical (unpaired) electrons. The molecule has 6 N–H and O–H groups in total. The lowest BCUT2D eigenvalue weighted by Gasteiger charge is -2.30. The summed E-state index contributed by atoms with van der Waals surface area (Å²) < 4.78 is 19.7. The smallest absolute Gasteiger partial charge is 0.353 e. The molecule has 0 aliphatic rings. The molecule has 1 heterocycles. The lowest BCUT2D eigenvalue weighted by atomic mass is 9.77. The Bertz CT molecular complexity index is 1110. The number of esters is 1. The molecule has 0 saturated carbocycles. The summed E-state index contributed by atoms with van der Waals surface area (Å²) in [6.45, 7) is 5.93. The summed E-state index contributed by atoms with van der Waals surface area (Å²) in [6, 6.07) is 6.57. The SMILES string of the molecule is C/C=C(\N)c1ccc(OC(=O)c2ccc(CC(CC)(CC)C(=O)NCCCC(N)C(=O)O)s2)c(F)c1. The van der Waals surface area contributed by atoms with Crippen LogP contribution in [-0.2, 0) is 16.0 Å². The van der Waals surface area contributed by atoms with Gasteiger partial charge in [0, 0.05) is 22.7 Å². The van der Waals surface area contributed by atoms with Crippen molar-refractivity contribution in [3.8, 4) is 5.75 Å². The molecule has 0 aliphatic heterocycles. The van der Waals surface area contributed by atoms with Crippen LogP contribution in [0.2, 0.25) is 0 Å². The second-order valence-corrected chi connectivity index (χ2v) is 9.72. The Labute approximate surface area is 214 Å². The number of thiophene rings is 1. The first-order chi connectivity index (χ1) is 17.1. The highest BCUT2D eigenvalue weighted by Gasteiger charge is 2.35. The molecule has 1 atom stereocenters. The Morgan fingerprint density at radius 2 is 1.92 bits per heavy atom. The van der Waals surface area contributed by atoms with Crippen molar-refractivity contribution < 1.29 is 28.6 Å². The van der Waals surface area contributed by atoms with Gasteiger partial charge in [-0.2, -0.15) is 0 Å². The van der Waals surface area contributed by atoms with E-state index in [-0.39, 0.29) is 18.1 Å². The number of rotatable bonds is 13. The van der Waals surface area contributed by atoms with E-state index in [1.54, 1.807) is 31.2 Å². The quantitative estimate of drug-likeness (QED) is 0.177. The van der Waals surface area contributed by atoms with E-state index in [1.807, 2.05) is 13.8 Å². The fourth-order valence-electron chi connectivity index (χ4n) is 3.73. The van der Waals surface area contributed by atoms with Crippen LogP contribution in [0.25, 0.3) is 5.70 Å². The molecule has 8 nitrogen and oxygen atoms in total. The molecule has 0 aliphatic carbocycles. The van der Waals surface area contributed by atoms with Crippen LogP contribution >= 0.6 is 11.3 Å². The summed E-state index contributed by atoms with van der Waals surface area (Å²) in [7, 11) is 0. The van der Waals surface area contributed by atoms with Gasteiger partial charge in [-0.3, -0.25) is 9.59 Å². The highest BCUT2D eigenvalue weighted by atomic mass is 32.1. The van der Waals surface area contributed by atoms with Crippen LogP contribution in [0.15, 0.2) is 36.4 Å². The van der Waals surface area contributed by atoms with Gasteiger partial charge in [-0.05, 0) is 69.4 Å². The Balaban J connectivity index is 2.04. The normalized spacial score (nSPS) is 12.8. The zero-order chi connectivity index (χ0) is 26.9. The maximum atomic E-state index is 14.4. The van der Waals surface area contributed by atoms with Crippen molar-refractivity contribution in [1.82, 2.24) is 5.32 Å². The van der Waals surface area contributed by atoms with E-state index in [9.17, 15) is 18.8 Å². The van der Waals surface area contributed by atoms with Crippen LogP contribution in [0.3, 0.4) is 0 Å². The van der Waals surface area contributed by atoms with Crippen molar-refractivity contribution in [2.75, 3.05) is 6.54 Å². The van der Waals surface area contributed by atoms with Gasteiger partial charge in [-0.25, -0.2) is 9.18 Å². The van der Waals surface area contributed by atoms with Crippen molar-refractivity contribution >= 4 is 34.9 Å². The lowest BCUT2D eigenvalue weighted by molar-refractivity contribution is -0.138. The Morgan fingerprint density at radius 3 is 2.50 bits per heavy atom. The number of aliphatic carboxylic acids is 1. The standard InChI is InChI=1S/C26H34FN3O5S/c1-4-19(28)16-9-11-21(18(27)14-16)35-24(33)22-12-10-17(36-22)15-26(5-2,6-3)25(34)30-13-7-8-20(29)23(31)32/h4,9-12,14,20H,5-8,13,15,28-29H2,1-3H3,(H,30,34)(H,31,32)/b19-4-. The van der Waals surface area contributed by atoms with Gasteiger partial charge in [0.1, 0.15) is 10.9 Å². The maximum absolute atomic E-state index is 14.4. The molecular weight excluding hydrogens is 485 g/mol. The number of hydrogen-bond donors (Lipinski definition) is 4. The number of hydrogen-bond acceptors (Lipinski definition) is 7. The molecule has 1 aromatic carbocycles. The molecule has 1 aromatic heterocycles. The van der Waals surface area contributed by atoms with Crippen LogP contribution in [0.1, 0.15) is 66.6 Å². The van der Waals surface area contributed by atoms with E-state index in [2.05, 4.69) is 5.32 Å². The number of carboxylic acid groups (broad SMARTS) is 1. The van der Waals surface area contributed by atoms with Crippen molar-refractivity contribution in [1.29, 1.82) is 0 Å². The molecule has 2 aromatic rings. The van der Waals surface area contributed by atoms with Gasteiger partial charge in [0.15, 0.2) is 11.6 Å². The predicted octanol–water partition coefficient (Wildman–Crippen LogP) is 4.08. The zero-order valence-corrected chi connectivity index (χ0v) is 21.6. The van der Waals surface area contributed by atoms with Gasteiger partial charge in [0.05, 0.1) is 5.41 Å². The minimum absolute atomic E-state index is 0.128. The predicted molar refractivity (Wildman–Crippen MR) is 138 cm³/mol. The minimum atomic E-state index is -1.07. The van der Waals surface area contributed by atoms with Crippen LogP contribution in [0.5, 0.6) is 5.75 Å². The van der Waals surface area contributed by atoms with Gasteiger partial charge >= 0.3 is 11.9 Å². The molecule has 1 amide bonds. The summed E-state index contributed by atoms with van der Waals surface area (Å²) in [5, 5.41) is 11.8. The van der Waals surface area contributed by atoms with E-state index in [0.29, 0.717) is 48.4 Å². The average molecular weight is 520 g/mol. The second-order valence-electron chi connectivity index (χ2n) is 8.55. The molecule has 2 rings (SSSR count). The van der Waals surface area contributed by atoms with E-state index in [4.69, 9.17) is 21.3 Å². The van der Waals surface area contributed by atoms with Gasteiger partial charge in [0.25, 0.3) is 0 Å². The Morgan fingerprint density at radius 1 is 1.22 bits per heavy atom. The maximum Gasteiger partial charge on any atom is 0.353 e. The first-order valence-electron chi connectivity index (χ1n) is 11.9. The first kappa shape index (κ1) is 29.0.